The predicted octanol–water partition coefficient (Wildman–Crippen LogP) is 4.28. The van der Waals surface area contributed by atoms with Crippen molar-refractivity contribution < 1.29 is 0 Å². The molecule has 0 atom stereocenters. The van der Waals surface area contributed by atoms with Crippen molar-refractivity contribution in [3.8, 4) is 11.1 Å². The second kappa shape index (κ2) is 8.37. The maximum Gasteiger partial charge on any atom is 0.278 e. The van der Waals surface area contributed by atoms with Gasteiger partial charge in [0, 0.05) is 42.9 Å². The first-order valence-electron chi connectivity index (χ1n) is 10.7. The molecule has 0 amide bonds. The predicted molar refractivity (Wildman–Crippen MR) is 132 cm³/mol. The molecule has 8 heteroatoms. The van der Waals surface area contributed by atoms with Crippen LogP contribution in [0.2, 0.25) is 0 Å². The van der Waals surface area contributed by atoms with Crippen LogP contribution in [0.15, 0.2) is 81.7 Å². The fourth-order valence-corrected chi connectivity index (χ4v) is 5.04. The normalized spacial score (nSPS) is 11.6. The van der Waals surface area contributed by atoms with Crippen LogP contribution in [-0.4, -0.2) is 23.5 Å². The van der Waals surface area contributed by atoms with Gasteiger partial charge in [-0.05, 0) is 31.5 Å². The lowest BCUT2D eigenvalue weighted by Crippen LogP contribution is -2.26. The molecular formula is C25H23N5O2S. The van der Waals surface area contributed by atoms with Crippen molar-refractivity contribution in [2.24, 2.45) is 7.05 Å². The van der Waals surface area contributed by atoms with Gasteiger partial charge in [-0.3, -0.25) is 18.6 Å². The molecule has 0 spiro atoms. The molecule has 0 saturated carbocycles. The first-order chi connectivity index (χ1) is 15.9. The van der Waals surface area contributed by atoms with Crippen LogP contribution >= 0.6 is 11.8 Å². The van der Waals surface area contributed by atoms with E-state index in [-0.39, 0.29) is 17.2 Å². The Balaban J connectivity index is 1.62. The summed E-state index contributed by atoms with van der Waals surface area (Å²) in [5.41, 5.74) is 4.23. The summed E-state index contributed by atoms with van der Waals surface area (Å²) in [6, 6.07) is 16.9. The Morgan fingerprint density at radius 3 is 2.52 bits per heavy atom. The van der Waals surface area contributed by atoms with E-state index < -0.39 is 0 Å². The maximum atomic E-state index is 13.5. The number of nitrogens with zero attached hydrogens (tertiary/aromatic N) is 5. The van der Waals surface area contributed by atoms with Crippen LogP contribution in [0.4, 0.5) is 0 Å². The molecule has 0 aliphatic rings. The van der Waals surface area contributed by atoms with Crippen molar-refractivity contribution in [2.75, 3.05) is 0 Å². The zero-order chi connectivity index (χ0) is 23.1. The van der Waals surface area contributed by atoms with E-state index in [1.165, 1.54) is 22.2 Å². The van der Waals surface area contributed by atoms with Gasteiger partial charge in [-0.1, -0.05) is 48.2 Å². The number of pyridine rings is 1. The fourth-order valence-electron chi connectivity index (χ4n) is 4.03. The summed E-state index contributed by atoms with van der Waals surface area (Å²) in [6.45, 7) is 3.95. The third-order valence-corrected chi connectivity index (χ3v) is 6.55. The van der Waals surface area contributed by atoms with Gasteiger partial charge >= 0.3 is 0 Å². The molecule has 7 nitrogen and oxygen atoms in total. The fraction of sp³-hybridized carbons (Fsp3) is 0.200. The van der Waals surface area contributed by atoms with E-state index in [2.05, 4.69) is 4.98 Å². The quantitative estimate of drug-likeness (QED) is 0.291. The Morgan fingerprint density at radius 1 is 1.00 bits per heavy atom. The molecule has 0 radical (unpaired) electrons. The number of hydrogen-bond acceptors (Lipinski definition) is 5. The van der Waals surface area contributed by atoms with Gasteiger partial charge in [-0.25, -0.2) is 9.97 Å². The number of thioether (sulfide) groups is 1. The van der Waals surface area contributed by atoms with E-state index in [0.717, 1.165) is 11.1 Å². The maximum absolute atomic E-state index is 13.5. The second-order valence-corrected chi connectivity index (χ2v) is 9.13. The van der Waals surface area contributed by atoms with Crippen molar-refractivity contribution in [1.29, 1.82) is 0 Å². The van der Waals surface area contributed by atoms with Crippen molar-refractivity contribution in [3.63, 3.8) is 0 Å². The van der Waals surface area contributed by atoms with Gasteiger partial charge in [0.15, 0.2) is 5.16 Å². The van der Waals surface area contributed by atoms with Crippen LogP contribution in [0.5, 0.6) is 0 Å². The highest BCUT2D eigenvalue weighted by Gasteiger charge is 2.20. The van der Waals surface area contributed by atoms with Crippen molar-refractivity contribution in [3.05, 3.63) is 93.4 Å². The zero-order valence-electron chi connectivity index (χ0n) is 18.6. The summed E-state index contributed by atoms with van der Waals surface area (Å²) in [5.74, 6) is 0.429. The molecule has 5 rings (SSSR count). The van der Waals surface area contributed by atoms with Crippen LogP contribution in [0.1, 0.15) is 25.6 Å². The van der Waals surface area contributed by atoms with Gasteiger partial charge in [-0.2, -0.15) is 0 Å². The van der Waals surface area contributed by atoms with Crippen LogP contribution in [0.25, 0.3) is 27.8 Å². The monoisotopic (exact) mass is 457 g/mol. The molecular weight excluding hydrogens is 434 g/mol. The van der Waals surface area contributed by atoms with E-state index in [1.807, 2.05) is 68.1 Å². The average Bonchev–Trinajstić information content (AvgIpc) is 3.14. The van der Waals surface area contributed by atoms with Crippen LogP contribution in [0.3, 0.4) is 0 Å². The first kappa shape index (κ1) is 21.2. The van der Waals surface area contributed by atoms with E-state index in [1.54, 1.807) is 22.9 Å². The summed E-state index contributed by atoms with van der Waals surface area (Å²) >= 11 is 1.42. The van der Waals surface area contributed by atoms with Gasteiger partial charge < -0.3 is 4.57 Å². The molecule has 4 heterocycles. The third kappa shape index (κ3) is 3.76. The van der Waals surface area contributed by atoms with Crippen LogP contribution in [0, 0.1) is 0 Å². The molecule has 1 aromatic carbocycles. The topological polar surface area (TPSA) is 74.2 Å². The third-order valence-electron chi connectivity index (χ3n) is 5.56. The molecule has 5 aromatic rings. The molecule has 33 heavy (non-hydrogen) atoms. The molecule has 0 saturated heterocycles. The summed E-state index contributed by atoms with van der Waals surface area (Å²) < 4.78 is 5.08. The minimum atomic E-state index is -0.129. The minimum Gasteiger partial charge on any atom is -0.344 e. The van der Waals surface area contributed by atoms with Gasteiger partial charge in [-0.15, -0.1) is 0 Å². The van der Waals surface area contributed by atoms with Crippen LogP contribution < -0.4 is 11.1 Å². The molecule has 0 fully saturated rings. The first-order valence-corrected chi connectivity index (χ1v) is 11.7. The Kier molecular flexibility index (Phi) is 5.38. The SMILES string of the molecule is CC(C)n1c(SCc2cc(=O)n3ccccc3n2)nc2c(-c3ccccc3)cn(C)c2c1=O. The molecule has 0 aliphatic heterocycles. The van der Waals surface area contributed by atoms with E-state index in [0.29, 0.717) is 33.3 Å². The highest BCUT2D eigenvalue weighted by Crippen LogP contribution is 2.30. The molecule has 0 aliphatic carbocycles. The Labute approximate surface area is 194 Å². The lowest BCUT2D eigenvalue weighted by Gasteiger charge is -2.16. The smallest absolute Gasteiger partial charge is 0.278 e. The number of rotatable bonds is 5. The summed E-state index contributed by atoms with van der Waals surface area (Å²) in [7, 11) is 1.88. The highest BCUT2D eigenvalue weighted by molar-refractivity contribution is 7.98. The molecule has 0 unspecified atom stereocenters. The summed E-state index contributed by atoms with van der Waals surface area (Å²) in [6.07, 6.45) is 3.66. The van der Waals surface area contributed by atoms with E-state index in [4.69, 9.17) is 4.98 Å². The average molecular weight is 458 g/mol. The van der Waals surface area contributed by atoms with Crippen molar-refractivity contribution in [1.82, 2.24) is 23.5 Å². The molecule has 4 aromatic heterocycles. The van der Waals surface area contributed by atoms with E-state index >= 15 is 0 Å². The largest absolute Gasteiger partial charge is 0.344 e. The second-order valence-electron chi connectivity index (χ2n) is 8.18. The van der Waals surface area contributed by atoms with Gasteiger partial charge in [0.1, 0.15) is 16.7 Å². The van der Waals surface area contributed by atoms with E-state index in [9.17, 15) is 9.59 Å². The van der Waals surface area contributed by atoms with Gasteiger partial charge in [0.25, 0.3) is 11.1 Å². The van der Waals surface area contributed by atoms with Gasteiger partial charge in [0.05, 0.1) is 5.69 Å². The number of fused-ring (bicyclic) bond motifs is 2. The highest BCUT2D eigenvalue weighted by atomic mass is 32.2. The number of hydrogen-bond donors (Lipinski definition) is 0. The van der Waals surface area contributed by atoms with Crippen molar-refractivity contribution >= 4 is 28.4 Å². The summed E-state index contributed by atoms with van der Waals surface area (Å²) in [5, 5.41) is 0.612. The summed E-state index contributed by atoms with van der Waals surface area (Å²) in [4.78, 5) is 35.5. The van der Waals surface area contributed by atoms with Crippen molar-refractivity contribution in [2.45, 2.75) is 30.8 Å². The molecule has 0 N–H and O–H groups in total. The Morgan fingerprint density at radius 2 is 1.76 bits per heavy atom. The van der Waals surface area contributed by atoms with Gasteiger partial charge in [0.2, 0.25) is 0 Å². The number of benzene rings is 1. The lowest BCUT2D eigenvalue weighted by atomic mass is 10.1. The number of aromatic nitrogens is 5. The Hall–Kier alpha value is -3.65. The lowest BCUT2D eigenvalue weighted by molar-refractivity contribution is 0.517. The number of aryl methyl sites for hydroxylation is 1. The molecule has 166 valence electrons. The van der Waals surface area contributed by atoms with Crippen LogP contribution in [-0.2, 0) is 12.8 Å². The zero-order valence-corrected chi connectivity index (χ0v) is 19.4. The molecule has 0 bridgehead atoms. The minimum absolute atomic E-state index is 0.0674. The Bertz CT molecular complexity index is 1600. The standard InChI is InChI=1S/C25H23N5O2S/c1-16(2)30-24(32)23-22(19(14-28(23)3)17-9-5-4-6-10-17)27-25(30)33-15-18-13-21(31)29-12-8-7-11-20(29)26-18/h4-14,16H,15H2,1-3H3.